The minimum atomic E-state index is -3.44. The molecule has 1 atom stereocenters. The Hall–Kier alpha value is -2.38. The number of rotatable bonds is 7. The first-order valence-corrected chi connectivity index (χ1v) is 11.2. The van der Waals surface area contributed by atoms with Crippen LogP contribution in [0.25, 0.3) is 11.1 Å². The van der Waals surface area contributed by atoms with Crippen LogP contribution < -0.4 is 5.76 Å². The van der Waals surface area contributed by atoms with E-state index in [1.165, 1.54) is 11.6 Å². The van der Waals surface area contributed by atoms with Crippen molar-refractivity contribution in [1.82, 2.24) is 9.88 Å². The van der Waals surface area contributed by atoms with Crippen LogP contribution in [0, 0.1) is 0 Å². The maximum absolute atomic E-state index is 13.0. The second kappa shape index (κ2) is 7.93. The molecule has 6 nitrogen and oxygen atoms in total. The van der Waals surface area contributed by atoms with Gasteiger partial charge in [-0.05, 0) is 56.5 Å². The molecule has 1 unspecified atom stereocenters. The van der Waals surface area contributed by atoms with Gasteiger partial charge < -0.3 is 9.32 Å². The molecule has 0 saturated carbocycles. The topological polar surface area (TPSA) is 83.4 Å². The van der Waals surface area contributed by atoms with Crippen LogP contribution in [0.3, 0.4) is 0 Å². The van der Waals surface area contributed by atoms with Crippen LogP contribution in [0.1, 0.15) is 24.8 Å². The number of nitrogens with one attached hydrogen (secondary N) is 1. The van der Waals surface area contributed by atoms with Crippen LogP contribution in [0.15, 0.2) is 62.6 Å². The molecule has 1 aromatic heterocycles. The van der Waals surface area contributed by atoms with Crippen molar-refractivity contribution in [2.75, 3.05) is 19.6 Å². The lowest BCUT2D eigenvalue weighted by Crippen LogP contribution is -2.28. The minimum absolute atomic E-state index is 0.221. The van der Waals surface area contributed by atoms with Crippen LogP contribution >= 0.6 is 0 Å². The minimum Gasteiger partial charge on any atom is -0.408 e. The molecule has 3 aromatic rings. The Morgan fingerprint density at radius 2 is 1.93 bits per heavy atom. The van der Waals surface area contributed by atoms with Gasteiger partial charge in [0.2, 0.25) is 0 Å². The number of fused-ring (bicyclic) bond motifs is 1. The highest BCUT2D eigenvalue weighted by Crippen LogP contribution is 2.26. The lowest BCUT2D eigenvalue weighted by atomic mass is 10.1. The third-order valence-corrected chi connectivity index (χ3v) is 7.60. The number of likely N-dealkylation sites (tertiary alicyclic amines) is 1. The van der Waals surface area contributed by atoms with Gasteiger partial charge in [-0.2, -0.15) is 0 Å². The van der Waals surface area contributed by atoms with Crippen molar-refractivity contribution in [2.45, 2.75) is 35.8 Å². The standard InChI is InChI=1S/C21H24N2O4S/c24-21-22-19-10-9-17(14-20(19)27-21)28(25,26)18-11-13-23(15-18)12-5-4-8-16-6-2-1-3-7-16/h1-3,6-7,9-10,14,18H,4-5,8,11-13,15H2,(H,22,24). The zero-order valence-corrected chi connectivity index (χ0v) is 16.5. The van der Waals surface area contributed by atoms with Crippen molar-refractivity contribution in [2.24, 2.45) is 0 Å². The average Bonchev–Trinajstić information content (AvgIpc) is 3.31. The highest BCUT2D eigenvalue weighted by Gasteiger charge is 2.34. The van der Waals surface area contributed by atoms with E-state index in [9.17, 15) is 13.2 Å². The number of sulfone groups is 1. The fourth-order valence-electron chi connectivity index (χ4n) is 3.86. The van der Waals surface area contributed by atoms with Crippen LogP contribution in [0.2, 0.25) is 0 Å². The summed E-state index contributed by atoms with van der Waals surface area (Å²) in [7, 11) is -3.44. The Kier molecular flexibility index (Phi) is 5.37. The largest absolute Gasteiger partial charge is 0.417 e. The Balaban J connectivity index is 1.33. The lowest BCUT2D eigenvalue weighted by Gasteiger charge is -2.16. The van der Waals surface area contributed by atoms with Crippen molar-refractivity contribution in [3.8, 4) is 0 Å². The predicted molar refractivity (Wildman–Crippen MR) is 108 cm³/mol. The van der Waals surface area contributed by atoms with Crippen molar-refractivity contribution >= 4 is 20.9 Å². The second-order valence-electron chi connectivity index (χ2n) is 7.37. The van der Waals surface area contributed by atoms with E-state index in [-0.39, 0.29) is 10.5 Å². The SMILES string of the molecule is O=c1[nH]c2ccc(S(=O)(=O)C3CCN(CCCCc4ccccc4)C3)cc2o1. The molecule has 0 bridgehead atoms. The van der Waals surface area contributed by atoms with Gasteiger partial charge in [0, 0.05) is 12.6 Å². The molecule has 7 heteroatoms. The van der Waals surface area contributed by atoms with E-state index < -0.39 is 20.8 Å². The fourth-order valence-corrected chi connectivity index (χ4v) is 5.59. The summed E-state index contributed by atoms with van der Waals surface area (Å²) in [4.78, 5) is 16.3. The maximum Gasteiger partial charge on any atom is 0.417 e. The van der Waals surface area contributed by atoms with Crippen LogP contribution in [-0.2, 0) is 16.3 Å². The third-order valence-electron chi connectivity index (χ3n) is 5.42. The highest BCUT2D eigenvalue weighted by molar-refractivity contribution is 7.92. The lowest BCUT2D eigenvalue weighted by molar-refractivity contribution is 0.330. The van der Waals surface area contributed by atoms with Crippen molar-refractivity contribution < 1.29 is 12.8 Å². The number of aryl methyl sites for hydroxylation is 1. The van der Waals surface area contributed by atoms with Crippen molar-refractivity contribution in [3.05, 3.63) is 64.6 Å². The average molecular weight is 401 g/mol. The van der Waals surface area contributed by atoms with E-state index in [1.54, 1.807) is 12.1 Å². The molecule has 0 amide bonds. The summed E-state index contributed by atoms with van der Waals surface area (Å²) < 4.78 is 31.0. The van der Waals surface area contributed by atoms with Gasteiger partial charge in [-0.3, -0.25) is 4.98 Å². The number of aromatic nitrogens is 1. The zero-order chi connectivity index (χ0) is 19.6. The molecule has 1 aliphatic heterocycles. The third kappa shape index (κ3) is 4.05. The van der Waals surface area contributed by atoms with Crippen molar-refractivity contribution in [1.29, 1.82) is 0 Å². The van der Waals surface area contributed by atoms with E-state index in [2.05, 4.69) is 34.1 Å². The molecule has 28 heavy (non-hydrogen) atoms. The molecular formula is C21H24N2O4S. The Morgan fingerprint density at radius 1 is 1.11 bits per heavy atom. The van der Waals surface area contributed by atoms with Gasteiger partial charge in [0.05, 0.1) is 15.7 Å². The molecule has 0 aliphatic carbocycles. The van der Waals surface area contributed by atoms with Gasteiger partial charge in [-0.1, -0.05) is 30.3 Å². The molecule has 1 aliphatic rings. The Bertz CT molecular complexity index is 1100. The number of nitrogens with zero attached hydrogens (tertiary/aromatic N) is 1. The smallest absolute Gasteiger partial charge is 0.408 e. The molecule has 1 fully saturated rings. The number of H-pyrrole nitrogens is 1. The van der Waals surface area contributed by atoms with Gasteiger partial charge in [-0.25, -0.2) is 13.2 Å². The van der Waals surface area contributed by atoms with Crippen LogP contribution in [0.5, 0.6) is 0 Å². The number of hydrogen-bond acceptors (Lipinski definition) is 5. The normalized spacial score (nSPS) is 18.1. The predicted octanol–water partition coefficient (Wildman–Crippen LogP) is 2.99. The van der Waals surface area contributed by atoms with Gasteiger partial charge in [-0.15, -0.1) is 0 Å². The number of hydrogen-bond donors (Lipinski definition) is 1. The van der Waals surface area contributed by atoms with Gasteiger partial charge >= 0.3 is 5.76 Å². The first-order chi connectivity index (χ1) is 13.5. The maximum atomic E-state index is 13.0. The van der Waals surface area contributed by atoms with E-state index >= 15 is 0 Å². The van der Waals surface area contributed by atoms with Crippen molar-refractivity contribution in [3.63, 3.8) is 0 Å². The van der Waals surface area contributed by atoms with Gasteiger partial charge in [0.1, 0.15) is 0 Å². The van der Waals surface area contributed by atoms with Crippen LogP contribution in [0.4, 0.5) is 0 Å². The van der Waals surface area contributed by atoms with E-state index in [0.29, 0.717) is 18.5 Å². The van der Waals surface area contributed by atoms with E-state index in [4.69, 9.17) is 4.42 Å². The molecule has 4 rings (SSSR count). The summed E-state index contributed by atoms with van der Waals surface area (Å²) in [5.74, 6) is -0.577. The first-order valence-electron chi connectivity index (χ1n) is 9.65. The molecule has 148 valence electrons. The summed E-state index contributed by atoms with van der Waals surface area (Å²) in [6, 6.07) is 15.0. The van der Waals surface area contributed by atoms with E-state index in [0.717, 1.165) is 32.4 Å². The zero-order valence-electron chi connectivity index (χ0n) is 15.6. The molecule has 1 saturated heterocycles. The highest BCUT2D eigenvalue weighted by atomic mass is 32.2. The van der Waals surface area contributed by atoms with Gasteiger partial charge in [0.25, 0.3) is 0 Å². The second-order valence-corrected chi connectivity index (χ2v) is 9.60. The quantitative estimate of drug-likeness (QED) is 0.617. The molecular weight excluding hydrogens is 376 g/mol. The monoisotopic (exact) mass is 400 g/mol. The summed E-state index contributed by atoms with van der Waals surface area (Å²) in [5.41, 5.74) is 2.13. The fraction of sp³-hybridized carbons (Fsp3) is 0.381. The summed E-state index contributed by atoms with van der Waals surface area (Å²) in [6.45, 7) is 2.28. The Labute approximate surface area is 164 Å². The number of benzene rings is 2. The van der Waals surface area contributed by atoms with Crippen LogP contribution in [-0.4, -0.2) is 43.2 Å². The van der Waals surface area contributed by atoms with Gasteiger partial charge in [0.15, 0.2) is 15.4 Å². The Morgan fingerprint density at radius 3 is 2.75 bits per heavy atom. The molecule has 0 radical (unpaired) electrons. The first kappa shape index (κ1) is 19.0. The molecule has 2 aromatic carbocycles. The molecule has 1 N–H and O–H groups in total. The molecule has 0 spiro atoms. The number of aromatic amines is 1. The summed E-state index contributed by atoms with van der Waals surface area (Å²) in [6.07, 6.45) is 3.84. The number of unbranched alkanes of at least 4 members (excludes halogenated alkanes) is 1. The summed E-state index contributed by atoms with van der Waals surface area (Å²) >= 11 is 0. The number of oxazole rings is 1. The van der Waals surface area contributed by atoms with E-state index in [1.807, 2.05) is 6.07 Å². The molecule has 2 heterocycles. The summed E-state index contributed by atoms with van der Waals surface area (Å²) in [5, 5.41) is -0.412.